The Morgan fingerprint density at radius 2 is 2.44 bits per heavy atom. The van der Waals surface area contributed by atoms with Crippen LogP contribution < -0.4 is 11.1 Å². The first-order valence-corrected chi connectivity index (χ1v) is 5.51. The molecule has 1 fully saturated rings. The third-order valence-electron chi connectivity index (χ3n) is 3.16. The van der Waals surface area contributed by atoms with Gasteiger partial charge in [0.05, 0.1) is 5.54 Å². The van der Waals surface area contributed by atoms with E-state index < -0.39 is 0 Å². The van der Waals surface area contributed by atoms with Crippen LogP contribution in [-0.2, 0) is 0 Å². The highest BCUT2D eigenvalue weighted by atomic mass is 16.5. The monoisotopic (exact) mass is 223 g/mol. The van der Waals surface area contributed by atoms with E-state index in [1.807, 2.05) is 6.92 Å². The van der Waals surface area contributed by atoms with Crippen molar-refractivity contribution >= 4 is 5.91 Å². The molecule has 0 radical (unpaired) electrons. The van der Waals surface area contributed by atoms with Crippen LogP contribution in [0.25, 0.3) is 0 Å². The molecule has 5 nitrogen and oxygen atoms in total. The van der Waals surface area contributed by atoms with Gasteiger partial charge in [0, 0.05) is 12.6 Å². The zero-order valence-electron chi connectivity index (χ0n) is 9.62. The average molecular weight is 223 g/mol. The van der Waals surface area contributed by atoms with Crippen LogP contribution in [0.5, 0.6) is 0 Å². The van der Waals surface area contributed by atoms with E-state index in [0.29, 0.717) is 23.9 Å². The van der Waals surface area contributed by atoms with Gasteiger partial charge in [-0.1, -0.05) is 5.16 Å². The highest BCUT2D eigenvalue weighted by Gasteiger charge is 2.41. The topological polar surface area (TPSA) is 81.2 Å². The summed E-state index contributed by atoms with van der Waals surface area (Å²) in [6.45, 7) is 4.18. The fourth-order valence-electron chi connectivity index (χ4n) is 1.84. The largest absolute Gasteiger partial charge is 0.361 e. The number of nitrogens with one attached hydrogen (secondary N) is 1. The van der Waals surface area contributed by atoms with Gasteiger partial charge in [0.15, 0.2) is 5.69 Å². The van der Waals surface area contributed by atoms with Crippen molar-refractivity contribution in [2.45, 2.75) is 32.2 Å². The lowest BCUT2D eigenvalue weighted by Gasteiger charge is -2.28. The maximum Gasteiger partial charge on any atom is 0.273 e. The number of carbonyl (C=O) groups excluding carboxylic acids is 1. The van der Waals surface area contributed by atoms with E-state index in [2.05, 4.69) is 10.5 Å². The van der Waals surface area contributed by atoms with E-state index >= 15 is 0 Å². The summed E-state index contributed by atoms with van der Waals surface area (Å²) >= 11 is 0. The first-order valence-electron chi connectivity index (χ1n) is 5.51. The minimum Gasteiger partial charge on any atom is -0.361 e. The Morgan fingerprint density at radius 3 is 2.88 bits per heavy atom. The van der Waals surface area contributed by atoms with Gasteiger partial charge in [-0.25, -0.2) is 0 Å². The molecule has 0 spiro atoms. The summed E-state index contributed by atoms with van der Waals surface area (Å²) in [5, 5.41) is 6.63. The molecule has 16 heavy (non-hydrogen) atoms. The molecule has 3 N–H and O–H groups in total. The van der Waals surface area contributed by atoms with Crippen LogP contribution >= 0.6 is 0 Å². The number of nitrogens with zero attached hydrogens (tertiary/aromatic N) is 1. The second-order valence-corrected chi connectivity index (χ2v) is 4.67. The number of rotatable bonds is 4. The molecule has 0 saturated heterocycles. The maximum atomic E-state index is 11.9. The van der Waals surface area contributed by atoms with Crippen LogP contribution in [0.3, 0.4) is 0 Å². The minimum atomic E-state index is -0.316. The summed E-state index contributed by atoms with van der Waals surface area (Å²) in [6.07, 6.45) is 2.26. The van der Waals surface area contributed by atoms with Crippen LogP contribution in [0, 0.1) is 12.8 Å². The summed E-state index contributed by atoms with van der Waals surface area (Å²) < 4.78 is 4.87. The molecule has 1 aliphatic rings. The molecule has 1 unspecified atom stereocenters. The molecule has 1 saturated carbocycles. The van der Waals surface area contributed by atoms with Crippen LogP contribution in [0.2, 0.25) is 0 Å². The summed E-state index contributed by atoms with van der Waals surface area (Å²) in [7, 11) is 0. The highest BCUT2D eigenvalue weighted by Crippen LogP contribution is 2.39. The van der Waals surface area contributed by atoms with Gasteiger partial charge in [0.25, 0.3) is 5.91 Å². The van der Waals surface area contributed by atoms with E-state index in [9.17, 15) is 4.79 Å². The van der Waals surface area contributed by atoms with Crippen LogP contribution in [-0.4, -0.2) is 23.1 Å². The molecule has 0 aliphatic heterocycles. The standard InChI is InChI=1S/C11H17N3O2/c1-7-5-9(14-16-7)10(15)13-11(2,6-12)8-3-4-8/h5,8H,3-4,6,12H2,1-2H3,(H,13,15). The number of aryl methyl sites for hydroxylation is 1. The van der Waals surface area contributed by atoms with Gasteiger partial charge in [-0.3, -0.25) is 4.79 Å². The van der Waals surface area contributed by atoms with Gasteiger partial charge in [-0.15, -0.1) is 0 Å². The Balaban J connectivity index is 2.06. The van der Waals surface area contributed by atoms with Crippen LogP contribution in [0.15, 0.2) is 10.6 Å². The predicted octanol–water partition coefficient (Wildman–Crippen LogP) is 0.840. The summed E-state index contributed by atoms with van der Waals surface area (Å²) in [4.78, 5) is 11.9. The molecule has 1 aromatic heterocycles. The molecule has 0 aromatic carbocycles. The van der Waals surface area contributed by atoms with E-state index in [1.54, 1.807) is 13.0 Å². The smallest absolute Gasteiger partial charge is 0.273 e. The SMILES string of the molecule is Cc1cc(C(=O)NC(C)(CN)C2CC2)no1. The molecule has 2 rings (SSSR count). The number of carbonyl (C=O) groups is 1. The summed E-state index contributed by atoms with van der Waals surface area (Å²) in [5.74, 6) is 0.914. The quantitative estimate of drug-likeness (QED) is 0.792. The Hall–Kier alpha value is -1.36. The molecule has 1 aliphatic carbocycles. The van der Waals surface area contributed by atoms with Crippen molar-refractivity contribution in [1.82, 2.24) is 10.5 Å². The van der Waals surface area contributed by atoms with Gasteiger partial charge in [0.2, 0.25) is 0 Å². The van der Waals surface area contributed by atoms with Crippen molar-refractivity contribution in [3.05, 3.63) is 17.5 Å². The number of aromatic nitrogens is 1. The first-order chi connectivity index (χ1) is 7.55. The molecule has 0 bridgehead atoms. The van der Waals surface area contributed by atoms with Gasteiger partial charge >= 0.3 is 0 Å². The molecule has 5 heteroatoms. The van der Waals surface area contributed by atoms with Crippen molar-refractivity contribution in [2.75, 3.05) is 6.54 Å². The summed E-state index contributed by atoms with van der Waals surface area (Å²) in [6, 6.07) is 1.62. The lowest BCUT2D eigenvalue weighted by molar-refractivity contribution is 0.0888. The number of nitrogens with two attached hydrogens (primary N) is 1. The van der Waals surface area contributed by atoms with Gasteiger partial charge in [0.1, 0.15) is 5.76 Å². The van der Waals surface area contributed by atoms with E-state index in [1.165, 1.54) is 0 Å². The highest BCUT2D eigenvalue weighted by molar-refractivity contribution is 5.92. The Bertz CT molecular complexity index is 398. The minimum absolute atomic E-state index is 0.211. The molecule has 88 valence electrons. The van der Waals surface area contributed by atoms with Gasteiger partial charge in [-0.05, 0) is 32.6 Å². The fraction of sp³-hybridized carbons (Fsp3) is 0.636. The van der Waals surface area contributed by atoms with E-state index in [-0.39, 0.29) is 11.4 Å². The number of amides is 1. The van der Waals surface area contributed by atoms with Gasteiger partial charge < -0.3 is 15.6 Å². The molecular formula is C11H17N3O2. The lowest BCUT2D eigenvalue weighted by Crippen LogP contribution is -2.53. The van der Waals surface area contributed by atoms with Crippen molar-refractivity contribution < 1.29 is 9.32 Å². The van der Waals surface area contributed by atoms with Crippen LogP contribution in [0.4, 0.5) is 0 Å². The Labute approximate surface area is 94.4 Å². The number of hydrogen-bond acceptors (Lipinski definition) is 4. The number of hydrogen-bond donors (Lipinski definition) is 2. The predicted molar refractivity (Wildman–Crippen MR) is 58.9 cm³/mol. The molecular weight excluding hydrogens is 206 g/mol. The molecule has 1 aromatic rings. The third kappa shape index (κ3) is 2.09. The van der Waals surface area contributed by atoms with Crippen molar-refractivity contribution in [3.63, 3.8) is 0 Å². The fourth-order valence-corrected chi connectivity index (χ4v) is 1.84. The van der Waals surface area contributed by atoms with Crippen molar-refractivity contribution in [1.29, 1.82) is 0 Å². The van der Waals surface area contributed by atoms with E-state index in [0.717, 1.165) is 12.8 Å². The second kappa shape index (κ2) is 3.90. The third-order valence-corrected chi connectivity index (χ3v) is 3.16. The van der Waals surface area contributed by atoms with E-state index in [4.69, 9.17) is 10.3 Å². The average Bonchev–Trinajstić information content (AvgIpc) is 3.02. The Morgan fingerprint density at radius 1 is 1.75 bits per heavy atom. The second-order valence-electron chi connectivity index (χ2n) is 4.67. The zero-order valence-corrected chi connectivity index (χ0v) is 9.62. The lowest BCUT2D eigenvalue weighted by atomic mass is 9.96. The first kappa shape index (κ1) is 11.1. The van der Waals surface area contributed by atoms with Crippen molar-refractivity contribution in [2.24, 2.45) is 11.7 Å². The summed E-state index contributed by atoms with van der Waals surface area (Å²) in [5.41, 5.74) is 5.72. The normalized spacial score (nSPS) is 19.2. The van der Waals surface area contributed by atoms with Crippen molar-refractivity contribution in [3.8, 4) is 0 Å². The molecule has 1 heterocycles. The Kier molecular flexibility index (Phi) is 2.71. The zero-order chi connectivity index (χ0) is 11.8. The van der Waals surface area contributed by atoms with Crippen LogP contribution in [0.1, 0.15) is 36.0 Å². The van der Waals surface area contributed by atoms with Gasteiger partial charge in [-0.2, -0.15) is 0 Å². The molecule has 1 atom stereocenters. The molecule has 1 amide bonds. The maximum absolute atomic E-state index is 11.9.